The maximum atomic E-state index is 2.30. The van der Waals surface area contributed by atoms with Gasteiger partial charge in [-0.05, 0) is 50.9 Å². The molecule has 3 saturated heterocycles. The molecule has 0 aromatic rings. The maximum absolute atomic E-state index is 2.30. The molecular formula is C20H42N2+2. The Morgan fingerprint density at radius 3 is 1.64 bits per heavy atom. The smallest absolute Gasteiger partial charge is 0.0789 e. The summed E-state index contributed by atoms with van der Waals surface area (Å²) in [5.41, 5.74) is 0. The lowest BCUT2D eigenvalue weighted by atomic mass is 9.85. The predicted octanol–water partition coefficient (Wildman–Crippen LogP) is 4.44. The number of piperidine rings is 3. The van der Waals surface area contributed by atoms with E-state index in [1.165, 1.54) is 108 Å². The molecule has 0 aromatic heterocycles. The average molecular weight is 311 g/mol. The molecule has 0 spiro atoms. The molecule has 0 radical (unpaired) electrons. The highest BCUT2D eigenvalue weighted by molar-refractivity contribution is 4.71. The molecule has 3 aliphatic rings. The second-order valence-corrected chi connectivity index (χ2v) is 9.31. The lowest BCUT2D eigenvalue weighted by Gasteiger charge is -2.49. The minimum atomic E-state index is 1.11. The molecule has 0 saturated carbocycles. The second-order valence-electron chi connectivity index (χ2n) is 9.31. The van der Waals surface area contributed by atoms with Crippen molar-refractivity contribution < 1.29 is 8.97 Å². The van der Waals surface area contributed by atoms with Crippen LogP contribution in [-0.4, -0.2) is 62.8 Å². The van der Waals surface area contributed by atoms with E-state index in [4.69, 9.17) is 0 Å². The van der Waals surface area contributed by atoms with Crippen LogP contribution in [0.4, 0.5) is 0 Å². The first kappa shape index (κ1) is 18.3. The summed E-state index contributed by atoms with van der Waals surface area (Å²) in [7, 11) is 6.91. The number of fused-ring (bicyclic) bond motifs is 3. The van der Waals surface area contributed by atoms with E-state index >= 15 is 0 Å². The van der Waals surface area contributed by atoms with Gasteiger partial charge in [-0.2, -0.15) is 0 Å². The van der Waals surface area contributed by atoms with Crippen LogP contribution in [0.15, 0.2) is 0 Å². The van der Waals surface area contributed by atoms with Gasteiger partial charge in [-0.1, -0.05) is 25.7 Å². The minimum Gasteiger partial charge on any atom is -0.331 e. The molecule has 0 amide bonds. The van der Waals surface area contributed by atoms with E-state index in [1.54, 1.807) is 0 Å². The van der Waals surface area contributed by atoms with Crippen molar-refractivity contribution in [2.45, 2.75) is 70.6 Å². The second kappa shape index (κ2) is 8.68. The number of rotatable bonds is 11. The van der Waals surface area contributed by atoms with Crippen LogP contribution in [0.2, 0.25) is 0 Å². The van der Waals surface area contributed by atoms with Crippen molar-refractivity contribution in [2.75, 3.05) is 53.9 Å². The summed E-state index contributed by atoms with van der Waals surface area (Å²) in [4.78, 5) is 0. The molecular weight excluding hydrogens is 268 g/mol. The van der Waals surface area contributed by atoms with Gasteiger partial charge in [-0.3, -0.25) is 0 Å². The van der Waals surface area contributed by atoms with Crippen molar-refractivity contribution in [3.8, 4) is 0 Å². The summed E-state index contributed by atoms with van der Waals surface area (Å²) < 4.78 is 2.63. The highest BCUT2D eigenvalue weighted by Crippen LogP contribution is 2.33. The third-order valence-electron chi connectivity index (χ3n) is 6.25. The first-order chi connectivity index (χ1) is 10.5. The molecule has 2 bridgehead atoms. The van der Waals surface area contributed by atoms with Gasteiger partial charge in [0, 0.05) is 0 Å². The van der Waals surface area contributed by atoms with Crippen LogP contribution >= 0.6 is 0 Å². The molecule has 130 valence electrons. The highest BCUT2D eigenvalue weighted by atomic mass is 15.4. The zero-order valence-electron chi connectivity index (χ0n) is 15.8. The van der Waals surface area contributed by atoms with Crippen LogP contribution in [0.25, 0.3) is 0 Å². The van der Waals surface area contributed by atoms with Crippen molar-refractivity contribution >= 4 is 0 Å². The van der Waals surface area contributed by atoms with E-state index in [9.17, 15) is 0 Å². The monoisotopic (exact) mass is 310 g/mol. The standard InChI is InChI=1S/C20H42N2/c1-21(2,3)15-10-8-6-4-5-7-9-11-16-22-17-12-20(13-18-22)14-19-22/h20H,4-19H2,1-3H3/q+2. The Morgan fingerprint density at radius 2 is 1.14 bits per heavy atom. The quantitative estimate of drug-likeness (QED) is 0.391. The van der Waals surface area contributed by atoms with Crippen molar-refractivity contribution in [1.29, 1.82) is 0 Å². The Bertz CT molecular complexity index is 284. The van der Waals surface area contributed by atoms with Crippen molar-refractivity contribution in [3.63, 3.8) is 0 Å². The topological polar surface area (TPSA) is 0 Å². The van der Waals surface area contributed by atoms with Gasteiger partial charge in [-0.15, -0.1) is 0 Å². The summed E-state index contributed by atoms with van der Waals surface area (Å²) in [5.74, 6) is 1.11. The zero-order chi connectivity index (χ0) is 15.9. The highest BCUT2D eigenvalue weighted by Gasteiger charge is 2.38. The molecule has 0 N–H and O–H groups in total. The first-order valence-corrected chi connectivity index (χ1v) is 10.1. The summed E-state index contributed by atoms with van der Waals surface area (Å²) in [6.07, 6.45) is 16.3. The van der Waals surface area contributed by atoms with Crippen molar-refractivity contribution in [3.05, 3.63) is 0 Å². The maximum Gasteiger partial charge on any atom is 0.0789 e. The SMILES string of the molecule is C[N+](C)(C)CCCCCCCCCC[N+]12CCC(CC1)CC2. The Hall–Kier alpha value is -0.0800. The van der Waals surface area contributed by atoms with Crippen LogP contribution in [-0.2, 0) is 0 Å². The van der Waals surface area contributed by atoms with E-state index in [-0.39, 0.29) is 0 Å². The average Bonchev–Trinajstić information content (AvgIpc) is 2.50. The first-order valence-electron chi connectivity index (χ1n) is 10.1. The van der Waals surface area contributed by atoms with Crippen LogP contribution in [0, 0.1) is 5.92 Å². The van der Waals surface area contributed by atoms with Crippen LogP contribution < -0.4 is 0 Å². The van der Waals surface area contributed by atoms with Gasteiger partial charge in [0.25, 0.3) is 0 Å². The van der Waals surface area contributed by atoms with Crippen LogP contribution in [0.3, 0.4) is 0 Å². The van der Waals surface area contributed by atoms with Gasteiger partial charge in [0.2, 0.25) is 0 Å². The lowest BCUT2D eigenvalue weighted by molar-refractivity contribution is -0.942. The molecule has 0 unspecified atom stereocenters. The Kier molecular flexibility index (Phi) is 7.21. The summed E-state index contributed by atoms with van der Waals surface area (Å²) in [6.45, 7) is 7.36. The van der Waals surface area contributed by atoms with E-state index in [1.807, 2.05) is 0 Å². The Morgan fingerprint density at radius 1 is 0.682 bits per heavy atom. The van der Waals surface area contributed by atoms with Gasteiger partial charge in [0.1, 0.15) is 0 Å². The van der Waals surface area contributed by atoms with Gasteiger partial charge in [-0.25, -0.2) is 0 Å². The summed E-state index contributed by atoms with van der Waals surface area (Å²) in [5, 5.41) is 0. The van der Waals surface area contributed by atoms with Gasteiger partial charge < -0.3 is 8.97 Å². The fourth-order valence-electron chi connectivity index (χ4n) is 4.57. The number of hydrogen-bond acceptors (Lipinski definition) is 0. The van der Waals surface area contributed by atoms with Gasteiger partial charge in [0.05, 0.1) is 53.9 Å². The molecule has 2 nitrogen and oxygen atoms in total. The normalized spacial score (nSPS) is 28.2. The molecule has 3 rings (SSSR count). The van der Waals surface area contributed by atoms with E-state index in [0.29, 0.717) is 0 Å². The number of nitrogens with zero attached hydrogens (tertiary/aromatic N) is 2. The molecule has 0 aliphatic carbocycles. The third kappa shape index (κ3) is 6.58. The van der Waals surface area contributed by atoms with Gasteiger partial charge >= 0.3 is 0 Å². The fraction of sp³-hybridized carbons (Fsp3) is 1.00. The van der Waals surface area contributed by atoms with E-state index in [2.05, 4.69) is 21.1 Å². The summed E-state index contributed by atoms with van der Waals surface area (Å²) in [6, 6.07) is 0. The van der Waals surface area contributed by atoms with Crippen LogP contribution in [0.5, 0.6) is 0 Å². The van der Waals surface area contributed by atoms with E-state index < -0.39 is 0 Å². The zero-order valence-corrected chi connectivity index (χ0v) is 15.8. The Labute approximate surface area is 140 Å². The molecule has 0 atom stereocenters. The fourth-order valence-corrected chi connectivity index (χ4v) is 4.57. The van der Waals surface area contributed by atoms with Crippen molar-refractivity contribution in [2.24, 2.45) is 5.92 Å². The molecule has 3 heterocycles. The number of hydrogen-bond donors (Lipinski definition) is 0. The summed E-state index contributed by atoms with van der Waals surface area (Å²) >= 11 is 0. The Balaban J connectivity index is 1.39. The number of unbranched alkanes of at least 4 members (excludes halogenated alkanes) is 7. The molecule has 22 heavy (non-hydrogen) atoms. The van der Waals surface area contributed by atoms with Gasteiger partial charge in [0.15, 0.2) is 0 Å². The largest absolute Gasteiger partial charge is 0.331 e. The molecule has 3 fully saturated rings. The van der Waals surface area contributed by atoms with E-state index in [0.717, 1.165) is 10.4 Å². The molecule has 3 aliphatic heterocycles. The predicted molar refractivity (Wildman–Crippen MR) is 96.9 cm³/mol. The minimum absolute atomic E-state index is 1.11. The lowest BCUT2D eigenvalue weighted by Crippen LogP contribution is -2.58. The van der Waals surface area contributed by atoms with Crippen LogP contribution in [0.1, 0.15) is 70.6 Å². The molecule has 2 heteroatoms. The molecule has 0 aromatic carbocycles. The third-order valence-corrected chi connectivity index (χ3v) is 6.25. The number of quaternary nitrogens is 2. The van der Waals surface area contributed by atoms with Crippen molar-refractivity contribution in [1.82, 2.24) is 0 Å².